The summed E-state index contributed by atoms with van der Waals surface area (Å²) in [6.07, 6.45) is 2.43. The Balaban J connectivity index is 2.06. The van der Waals surface area contributed by atoms with Gasteiger partial charge in [0, 0.05) is 19.6 Å². The second-order valence-corrected chi connectivity index (χ2v) is 6.09. The van der Waals surface area contributed by atoms with Crippen molar-refractivity contribution in [1.82, 2.24) is 10.2 Å². The molecule has 1 aliphatic rings. The maximum Gasteiger partial charge on any atom is 0.236 e. The largest absolute Gasteiger partial charge is 0.358 e. The Kier molecular flexibility index (Phi) is 4.81. The number of hydrogen-bond acceptors (Lipinski definition) is 2. The zero-order valence-electron chi connectivity index (χ0n) is 13.0. The topological polar surface area (TPSA) is 32.3 Å². The molecule has 0 radical (unpaired) electrons. The molecule has 0 aliphatic heterocycles. The normalized spacial score (nSPS) is 16.5. The van der Waals surface area contributed by atoms with Crippen LogP contribution in [0.5, 0.6) is 0 Å². The van der Waals surface area contributed by atoms with Crippen LogP contribution in [-0.4, -0.2) is 29.9 Å². The average molecular weight is 274 g/mol. The number of nitrogens with zero attached hydrogens (tertiary/aromatic N) is 1. The number of rotatable bonds is 6. The lowest BCUT2D eigenvalue weighted by atomic mass is 10.0. The van der Waals surface area contributed by atoms with E-state index in [0.717, 1.165) is 6.54 Å². The summed E-state index contributed by atoms with van der Waals surface area (Å²) in [5, 5.41) is 2.76. The van der Waals surface area contributed by atoms with Crippen molar-refractivity contribution in [1.29, 1.82) is 0 Å². The zero-order valence-corrected chi connectivity index (χ0v) is 13.0. The minimum atomic E-state index is -0.0581. The number of carbonyl (C=O) groups excluding carboxylic acids is 1. The van der Waals surface area contributed by atoms with Gasteiger partial charge < -0.3 is 5.32 Å². The predicted octanol–water partition coefficient (Wildman–Crippen LogP) is 2.91. The van der Waals surface area contributed by atoms with Gasteiger partial charge in [0.1, 0.15) is 0 Å². The van der Waals surface area contributed by atoms with Crippen LogP contribution in [-0.2, 0) is 11.3 Å². The highest BCUT2D eigenvalue weighted by Crippen LogP contribution is 2.30. The summed E-state index contributed by atoms with van der Waals surface area (Å²) in [5.74, 6) is 0.670. The lowest BCUT2D eigenvalue weighted by Gasteiger charge is -2.28. The van der Waals surface area contributed by atoms with E-state index >= 15 is 0 Å². The smallest absolute Gasteiger partial charge is 0.236 e. The van der Waals surface area contributed by atoms with Crippen molar-refractivity contribution in [2.24, 2.45) is 0 Å². The molecule has 0 aromatic heterocycles. The summed E-state index contributed by atoms with van der Waals surface area (Å²) < 4.78 is 0. The third-order valence-electron chi connectivity index (χ3n) is 4.15. The first kappa shape index (κ1) is 15.0. The highest BCUT2D eigenvalue weighted by molar-refractivity contribution is 5.81. The predicted molar refractivity (Wildman–Crippen MR) is 82.6 cm³/mol. The van der Waals surface area contributed by atoms with Crippen LogP contribution in [0.15, 0.2) is 24.3 Å². The quantitative estimate of drug-likeness (QED) is 0.865. The molecule has 1 aromatic rings. The number of hydrogen-bond donors (Lipinski definition) is 1. The molecule has 1 amide bonds. The van der Waals surface area contributed by atoms with Crippen molar-refractivity contribution in [2.75, 3.05) is 7.05 Å². The van der Waals surface area contributed by atoms with Crippen molar-refractivity contribution in [3.63, 3.8) is 0 Å². The Morgan fingerprint density at radius 1 is 1.25 bits per heavy atom. The summed E-state index contributed by atoms with van der Waals surface area (Å²) in [6, 6.07) is 9.32. The molecule has 1 atom stereocenters. The summed E-state index contributed by atoms with van der Waals surface area (Å²) in [5.41, 5.74) is 2.66. The molecule has 1 aliphatic carbocycles. The van der Waals surface area contributed by atoms with Crippen LogP contribution in [0.3, 0.4) is 0 Å². The fraction of sp³-hybridized carbons (Fsp3) is 0.588. The molecule has 0 spiro atoms. The first-order valence-corrected chi connectivity index (χ1v) is 7.59. The molecule has 0 unspecified atom stereocenters. The van der Waals surface area contributed by atoms with E-state index < -0.39 is 0 Å². The van der Waals surface area contributed by atoms with Crippen LogP contribution in [0, 0.1) is 0 Å². The first-order valence-electron chi connectivity index (χ1n) is 7.59. The van der Waals surface area contributed by atoms with Gasteiger partial charge >= 0.3 is 0 Å². The van der Waals surface area contributed by atoms with Crippen molar-refractivity contribution in [3.05, 3.63) is 35.4 Å². The molecule has 110 valence electrons. The number of benzene rings is 1. The molecule has 20 heavy (non-hydrogen) atoms. The van der Waals surface area contributed by atoms with Crippen LogP contribution in [0.4, 0.5) is 0 Å². The van der Waals surface area contributed by atoms with E-state index in [1.54, 1.807) is 7.05 Å². The summed E-state index contributed by atoms with van der Waals surface area (Å²) in [6.45, 7) is 7.27. The van der Waals surface area contributed by atoms with Gasteiger partial charge in [-0.2, -0.15) is 0 Å². The summed E-state index contributed by atoms with van der Waals surface area (Å²) >= 11 is 0. The van der Waals surface area contributed by atoms with Gasteiger partial charge in [-0.25, -0.2) is 0 Å². The summed E-state index contributed by atoms with van der Waals surface area (Å²) in [7, 11) is 1.71. The van der Waals surface area contributed by atoms with E-state index in [-0.39, 0.29) is 11.9 Å². The Morgan fingerprint density at radius 2 is 1.85 bits per heavy atom. The molecule has 1 fully saturated rings. The molecular formula is C17H26N2O. The first-order chi connectivity index (χ1) is 9.52. The fourth-order valence-electron chi connectivity index (χ4n) is 2.57. The second kappa shape index (κ2) is 6.40. The number of nitrogens with one attached hydrogen (secondary N) is 1. The SMILES string of the molecule is CNC(=O)[C@H](C)N(Cc1ccc(C(C)C)cc1)C1CC1. The Morgan fingerprint density at radius 3 is 2.30 bits per heavy atom. The highest BCUT2D eigenvalue weighted by Gasteiger charge is 2.34. The third kappa shape index (κ3) is 3.60. The monoisotopic (exact) mass is 274 g/mol. The Bertz CT molecular complexity index is 449. The molecule has 0 bridgehead atoms. The van der Waals surface area contributed by atoms with Crippen molar-refractivity contribution in [3.8, 4) is 0 Å². The van der Waals surface area contributed by atoms with Gasteiger partial charge in [-0.1, -0.05) is 38.1 Å². The van der Waals surface area contributed by atoms with E-state index in [4.69, 9.17) is 0 Å². The average Bonchev–Trinajstić information content (AvgIpc) is 3.28. The van der Waals surface area contributed by atoms with Gasteiger partial charge in [-0.3, -0.25) is 9.69 Å². The molecule has 0 heterocycles. The number of likely N-dealkylation sites (N-methyl/N-ethyl adjacent to an activating group) is 1. The molecular weight excluding hydrogens is 248 g/mol. The van der Waals surface area contributed by atoms with Crippen LogP contribution in [0.2, 0.25) is 0 Å². The van der Waals surface area contributed by atoms with Crippen LogP contribution >= 0.6 is 0 Å². The maximum absolute atomic E-state index is 11.9. The molecule has 2 rings (SSSR count). The zero-order chi connectivity index (χ0) is 14.7. The molecule has 1 N–H and O–H groups in total. The van der Waals surface area contributed by atoms with Crippen LogP contribution in [0.25, 0.3) is 0 Å². The van der Waals surface area contributed by atoms with E-state index in [1.807, 2.05) is 6.92 Å². The van der Waals surface area contributed by atoms with Crippen molar-refractivity contribution < 1.29 is 4.79 Å². The van der Waals surface area contributed by atoms with Gasteiger partial charge in [0.15, 0.2) is 0 Å². The molecule has 3 nitrogen and oxygen atoms in total. The number of amides is 1. The van der Waals surface area contributed by atoms with E-state index in [1.165, 1.54) is 24.0 Å². The Labute approximate surface area is 122 Å². The summed E-state index contributed by atoms with van der Waals surface area (Å²) in [4.78, 5) is 14.2. The lowest BCUT2D eigenvalue weighted by molar-refractivity contribution is -0.125. The maximum atomic E-state index is 11.9. The van der Waals surface area contributed by atoms with Gasteiger partial charge in [0.2, 0.25) is 5.91 Å². The molecule has 1 saturated carbocycles. The van der Waals surface area contributed by atoms with Crippen LogP contribution in [0.1, 0.15) is 50.7 Å². The van der Waals surface area contributed by atoms with E-state index in [2.05, 4.69) is 48.3 Å². The fourth-order valence-corrected chi connectivity index (χ4v) is 2.57. The minimum absolute atomic E-state index is 0.0581. The van der Waals surface area contributed by atoms with E-state index in [0.29, 0.717) is 12.0 Å². The number of carbonyl (C=O) groups is 1. The van der Waals surface area contributed by atoms with Gasteiger partial charge in [-0.15, -0.1) is 0 Å². The van der Waals surface area contributed by atoms with Gasteiger partial charge in [-0.05, 0) is 36.8 Å². The second-order valence-electron chi connectivity index (χ2n) is 6.09. The molecule has 1 aromatic carbocycles. The minimum Gasteiger partial charge on any atom is -0.358 e. The Hall–Kier alpha value is -1.35. The molecule has 0 saturated heterocycles. The van der Waals surface area contributed by atoms with E-state index in [9.17, 15) is 4.79 Å². The highest BCUT2D eigenvalue weighted by atomic mass is 16.2. The lowest BCUT2D eigenvalue weighted by Crippen LogP contribution is -2.44. The molecule has 3 heteroatoms. The third-order valence-corrected chi connectivity index (χ3v) is 4.15. The van der Waals surface area contributed by atoms with Crippen molar-refractivity contribution in [2.45, 2.75) is 58.2 Å². The van der Waals surface area contributed by atoms with Gasteiger partial charge in [0.05, 0.1) is 6.04 Å². The van der Waals surface area contributed by atoms with Gasteiger partial charge in [0.25, 0.3) is 0 Å². The van der Waals surface area contributed by atoms with Crippen LogP contribution < -0.4 is 5.32 Å². The standard InChI is InChI=1S/C17H26N2O/c1-12(2)15-7-5-14(6-8-15)11-19(16-9-10-16)13(3)17(20)18-4/h5-8,12-13,16H,9-11H2,1-4H3,(H,18,20)/t13-/m0/s1. The van der Waals surface area contributed by atoms with Crippen molar-refractivity contribution >= 4 is 5.91 Å².